The van der Waals surface area contributed by atoms with Gasteiger partial charge in [0.15, 0.2) is 0 Å². The molecule has 1 aliphatic rings. The van der Waals surface area contributed by atoms with Crippen LogP contribution >= 0.6 is 11.8 Å². The van der Waals surface area contributed by atoms with Crippen molar-refractivity contribution in [1.82, 2.24) is 4.90 Å². The number of rotatable bonds is 7. The van der Waals surface area contributed by atoms with E-state index in [1.165, 1.54) is 17.0 Å². The normalized spacial score (nSPS) is 16.3. The predicted octanol–water partition coefficient (Wildman–Crippen LogP) is 5.01. The molecule has 0 aliphatic carbocycles. The Morgan fingerprint density at radius 2 is 1.86 bits per heavy atom. The van der Waals surface area contributed by atoms with Gasteiger partial charge in [-0.05, 0) is 54.9 Å². The third-order valence-electron chi connectivity index (χ3n) is 4.60. The lowest BCUT2D eigenvalue weighted by Gasteiger charge is -2.19. The number of carbonyl (C=O) groups excluding carboxylic acids is 2. The summed E-state index contributed by atoms with van der Waals surface area (Å²) in [5.74, 6) is 0.265. The molecule has 0 N–H and O–H groups in total. The number of benzene rings is 2. The Labute approximate surface area is 172 Å². The van der Waals surface area contributed by atoms with Gasteiger partial charge in [-0.15, -0.1) is 0 Å². The van der Waals surface area contributed by atoms with E-state index in [9.17, 15) is 19.7 Å². The number of nitro benzene ring substituents is 1. The quantitative estimate of drug-likeness (QED) is 0.361. The summed E-state index contributed by atoms with van der Waals surface area (Å²) in [5.41, 5.74) is 1.48. The number of para-hydroxylation sites is 1. The molecule has 3 rings (SSSR count). The average Bonchev–Trinajstić information content (AvgIpc) is 3.00. The van der Waals surface area contributed by atoms with E-state index in [0.717, 1.165) is 17.3 Å². The van der Waals surface area contributed by atoms with Crippen molar-refractivity contribution < 1.29 is 19.2 Å². The standard InChI is InChI=1S/C21H20N2O5S/c1-3-14(2)22-20(24)19(29-21(22)25)12-16-6-4-5-7-18(16)28-13-15-8-10-17(11-9-15)23(26)27/h4-12,14H,3,13H2,1-2H3/b19-12+/t14-/m1/s1. The Morgan fingerprint density at radius 1 is 1.17 bits per heavy atom. The van der Waals surface area contributed by atoms with Gasteiger partial charge in [0, 0.05) is 23.7 Å². The lowest BCUT2D eigenvalue weighted by Crippen LogP contribution is -2.36. The second-order valence-corrected chi connectivity index (χ2v) is 7.55. The van der Waals surface area contributed by atoms with Gasteiger partial charge in [-0.25, -0.2) is 0 Å². The first-order valence-electron chi connectivity index (χ1n) is 9.13. The highest BCUT2D eigenvalue weighted by molar-refractivity contribution is 8.18. The molecular weight excluding hydrogens is 392 g/mol. The molecule has 0 radical (unpaired) electrons. The van der Waals surface area contributed by atoms with E-state index in [1.807, 2.05) is 32.0 Å². The van der Waals surface area contributed by atoms with Gasteiger partial charge in [-0.2, -0.15) is 0 Å². The fraction of sp³-hybridized carbons (Fsp3) is 0.238. The minimum Gasteiger partial charge on any atom is -0.488 e. The summed E-state index contributed by atoms with van der Waals surface area (Å²) >= 11 is 0.927. The van der Waals surface area contributed by atoms with Crippen LogP contribution < -0.4 is 4.74 Å². The van der Waals surface area contributed by atoms with Crippen molar-refractivity contribution in [2.45, 2.75) is 32.9 Å². The Balaban J connectivity index is 1.77. The van der Waals surface area contributed by atoms with Crippen molar-refractivity contribution in [3.05, 3.63) is 74.7 Å². The molecule has 150 valence electrons. The van der Waals surface area contributed by atoms with Crippen LogP contribution in [0.4, 0.5) is 10.5 Å². The summed E-state index contributed by atoms with van der Waals surface area (Å²) in [7, 11) is 0. The summed E-state index contributed by atoms with van der Waals surface area (Å²) < 4.78 is 5.86. The number of carbonyl (C=O) groups is 2. The minimum atomic E-state index is -0.452. The molecule has 0 unspecified atom stereocenters. The molecule has 7 nitrogen and oxygen atoms in total. The molecule has 0 aromatic heterocycles. The van der Waals surface area contributed by atoms with E-state index < -0.39 is 4.92 Å². The van der Waals surface area contributed by atoms with Crippen LogP contribution in [0.3, 0.4) is 0 Å². The number of amides is 2. The number of hydrogen-bond acceptors (Lipinski definition) is 6. The number of hydrogen-bond donors (Lipinski definition) is 0. The monoisotopic (exact) mass is 412 g/mol. The second kappa shape index (κ2) is 8.91. The molecule has 1 saturated heterocycles. The van der Waals surface area contributed by atoms with Gasteiger partial charge in [0.2, 0.25) is 0 Å². The predicted molar refractivity (Wildman–Crippen MR) is 111 cm³/mol. The summed E-state index contributed by atoms with van der Waals surface area (Å²) in [6.45, 7) is 4.00. The molecule has 1 fully saturated rings. The number of nitro groups is 1. The van der Waals surface area contributed by atoms with Crippen molar-refractivity contribution in [2.75, 3.05) is 0 Å². The maximum atomic E-state index is 12.6. The third-order valence-corrected chi connectivity index (χ3v) is 5.49. The smallest absolute Gasteiger partial charge is 0.293 e. The summed E-state index contributed by atoms with van der Waals surface area (Å²) in [6, 6.07) is 13.2. The van der Waals surface area contributed by atoms with Gasteiger partial charge < -0.3 is 4.74 Å². The average molecular weight is 412 g/mol. The molecule has 0 spiro atoms. The number of thioether (sulfide) groups is 1. The maximum absolute atomic E-state index is 12.6. The van der Waals surface area contributed by atoms with E-state index in [4.69, 9.17) is 4.74 Å². The fourth-order valence-corrected chi connectivity index (χ4v) is 3.71. The zero-order valence-electron chi connectivity index (χ0n) is 16.0. The van der Waals surface area contributed by atoms with Crippen molar-refractivity contribution in [1.29, 1.82) is 0 Å². The molecule has 1 heterocycles. The van der Waals surface area contributed by atoms with Crippen LogP contribution in [0.15, 0.2) is 53.4 Å². The summed E-state index contributed by atoms with van der Waals surface area (Å²) in [6.07, 6.45) is 2.36. The van der Waals surface area contributed by atoms with Crippen LogP contribution in [0.5, 0.6) is 5.75 Å². The number of nitrogens with zero attached hydrogens (tertiary/aromatic N) is 2. The Kier molecular flexibility index (Phi) is 6.33. The SMILES string of the molecule is CC[C@@H](C)N1C(=O)S/C(=C/c2ccccc2OCc2ccc([N+](=O)[O-])cc2)C1=O. The minimum absolute atomic E-state index is 0.0196. The van der Waals surface area contributed by atoms with Gasteiger partial charge in [0.25, 0.3) is 16.8 Å². The molecular formula is C21H20N2O5S. The van der Waals surface area contributed by atoms with E-state index in [-0.39, 0.29) is 29.5 Å². The lowest BCUT2D eigenvalue weighted by atomic mass is 10.1. The zero-order chi connectivity index (χ0) is 21.0. The number of imide groups is 1. The van der Waals surface area contributed by atoms with Crippen LogP contribution in [0.2, 0.25) is 0 Å². The lowest BCUT2D eigenvalue weighted by molar-refractivity contribution is -0.384. The Morgan fingerprint density at radius 3 is 2.52 bits per heavy atom. The molecule has 2 amide bonds. The zero-order valence-corrected chi connectivity index (χ0v) is 16.8. The first-order chi connectivity index (χ1) is 13.9. The molecule has 0 saturated carbocycles. The van der Waals surface area contributed by atoms with Crippen LogP contribution in [-0.4, -0.2) is 27.0 Å². The second-order valence-electron chi connectivity index (χ2n) is 6.56. The van der Waals surface area contributed by atoms with Crippen molar-refractivity contribution in [3.63, 3.8) is 0 Å². The van der Waals surface area contributed by atoms with Crippen LogP contribution in [0, 0.1) is 10.1 Å². The topological polar surface area (TPSA) is 89.8 Å². The van der Waals surface area contributed by atoms with Crippen molar-refractivity contribution in [3.8, 4) is 5.75 Å². The third kappa shape index (κ3) is 4.65. The molecule has 1 aliphatic heterocycles. The van der Waals surface area contributed by atoms with Crippen LogP contribution in [-0.2, 0) is 11.4 Å². The van der Waals surface area contributed by atoms with E-state index in [1.54, 1.807) is 24.3 Å². The highest BCUT2D eigenvalue weighted by Gasteiger charge is 2.37. The highest BCUT2D eigenvalue weighted by atomic mass is 32.2. The van der Waals surface area contributed by atoms with Gasteiger partial charge >= 0.3 is 0 Å². The summed E-state index contributed by atoms with van der Waals surface area (Å²) in [5, 5.41) is 10.5. The van der Waals surface area contributed by atoms with E-state index >= 15 is 0 Å². The molecule has 29 heavy (non-hydrogen) atoms. The van der Waals surface area contributed by atoms with Gasteiger partial charge in [-0.3, -0.25) is 24.6 Å². The van der Waals surface area contributed by atoms with Gasteiger partial charge in [-0.1, -0.05) is 25.1 Å². The van der Waals surface area contributed by atoms with Crippen LogP contribution in [0.1, 0.15) is 31.4 Å². The van der Waals surface area contributed by atoms with Crippen molar-refractivity contribution in [2.24, 2.45) is 0 Å². The number of non-ortho nitro benzene ring substituents is 1. The first kappa shape index (κ1) is 20.6. The molecule has 8 heteroatoms. The largest absolute Gasteiger partial charge is 0.488 e. The van der Waals surface area contributed by atoms with E-state index in [0.29, 0.717) is 22.6 Å². The Hall–Kier alpha value is -3.13. The molecule has 2 aromatic rings. The number of ether oxygens (including phenoxy) is 1. The Bertz CT molecular complexity index is 971. The summed E-state index contributed by atoms with van der Waals surface area (Å²) in [4.78, 5) is 36.8. The molecule has 2 aromatic carbocycles. The maximum Gasteiger partial charge on any atom is 0.293 e. The van der Waals surface area contributed by atoms with E-state index in [2.05, 4.69) is 0 Å². The fourth-order valence-electron chi connectivity index (χ4n) is 2.79. The molecule has 1 atom stereocenters. The van der Waals surface area contributed by atoms with Gasteiger partial charge in [0.1, 0.15) is 12.4 Å². The van der Waals surface area contributed by atoms with Crippen LogP contribution in [0.25, 0.3) is 6.08 Å². The molecule has 0 bridgehead atoms. The highest BCUT2D eigenvalue weighted by Crippen LogP contribution is 2.35. The van der Waals surface area contributed by atoms with Crippen molar-refractivity contribution >= 4 is 34.7 Å². The first-order valence-corrected chi connectivity index (χ1v) is 9.94. The van der Waals surface area contributed by atoms with Gasteiger partial charge in [0.05, 0.1) is 9.83 Å².